The molecule has 1 aromatic heterocycles. The fourth-order valence-electron chi connectivity index (χ4n) is 3.01. The molecule has 2 aromatic rings. The number of carbonyl (C=O) groups is 1. The fourth-order valence-corrected chi connectivity index (χ4v) is 3.01. The van der Waals surface area contributed by atoms with Gasteiger partial charge in [-0.3, -0.25) is 4.79 Å². The van der Waals surface area contributed by atoms with Crippen LogP contribution < -0.4 is 0 Å². The van der Waals surface area contributed by atoms with E-state index in [2.05, 4.69) is 16.8 Å². The molecule has 0 spiro atoms. The smallest absolute Gasteiger partial charge is 0.256 e. The average Bonchev–Trinajstić information content (AvgIpc) is 2.81. The van der Waals surface area contributed by atoms with Gasteiger partial charge in [-0.1, -0.05) is 6.92 Å². The number of aromatic nitrogens is 1. The summed E-state index contributed by atoms with van der Waals surface area (Å²) in [6, 6.07) is 4.53. The maximum absolute atomic E-state index is 13.3. The standard InChI is InChI=1S/C16H20FN3O/c1-3-19-6-8-20(9-7-19)16(21)15-11(2)18-14-10-12(17)4-5-13(14)15/h4-5,10,18H,3,6-9H2,1-2H3. The number of hydrogen-bond acceptors (Lipinski definition) is 2. The summed E-state index contributed by atoms with van der Waals surface area (Å²) < 4.78 is 13.3. The summed E-state index contributed by atoms with van der Waals surface area (Å²) in [5.74, 6) is -0.250. The lowest BCUT2D eigenvalue weighted by molar-refractivity contribution is 0.0644. The fraction of sp³-hybridized carbons (Fsp3) is 0.438. The molecule has 4 nitrogen and oxygen atoms in total. The number of nitrogens with one attached hydrogen (secondary N) is 1. The zero-order valence-corrected chi connectivity index (χ0v) is 12.4. The summed E-state index contributed by atoms with van der Waals surface area (Å²) in [7, 11) is 0. The number of halogens is 1. The van der Waals surface area contributed by atoms with Crippen LogP contribution in [0.5, 0.6) is 0 Å². The first-order chi connectivity index (χ1) is 10.1. The quantitative estimate of drug-likeness (QED) is 0.922. The minimum Gasteiger partial charge on any atom is -0.358 e. The van der Waals surface area contributed by atoms with Crippen LogP contribution in [-0.4, -0.2) is 53.4 Å². The number of amides is 1. The van der Waals surface area contributed by atoms with Crippen LogP contribution in [0.3, 0.4) is 0 Å². The lowest BCUT2D eigenvalue weighted by atomic mass is 10.1. The third kappa shape index (κ3) is 2.53. The maximum Gasteiger partial charge on any atom is 0.256 e. The minimum atomic E-state index is -0.292. The SMILES string of the molecule is CCN1CCN(C(=O)c2c(C)[nH]c3cc(F)ccc23)CC1. The maximum atomic E-state index is 13.3. The van der Waals surface area contributed by atoms with Crippen molar-refractivity contribution in [2.24, 2.45) is 0 Å². The highest BCUT2D eigenvalue weighted by Gasteiger charge is 2.25. The summed E-state index contributed by atoms with van der Waals surface area (Å²) in [6.07, 6.45) is 0. The number of fused-ring (bicyclic) bond motifs is 1. The van der Waals surface area contributed by atoms with E-state index in [0.29, 0.717) is 11.1 Å². The molecule has 0 atom stereocenters. The number of hydrogen-bond donors (Lipinski definition) is 1. The Morgan fingerprint density at radius 3 is 2.67 bits per heavy atom. The van der Waals surface area contributed by atoms with Crippen molar-refractivity contribution < 1.29 is 9.18 Å². The van der Waals surface area contributed by atoms with E-state index in [-0.39, 0.29) is 11.7 Å². The first-order valence-electron chi connectivity index (χ1n) is 7.39. The number of carbonyl (C=O) groups excluding carboxylic acids is 1. The van der Waals surface area contributed by atoms with Crippen LogP contribution in [0.1, 0.15) is 23.0 Å². The molecule has 21 heavy (non-hydrogen) atoms. The summed E-state index contributed by atoms with van der Waals surface area (Å²) >= 11 is 0. The predicted octanol–water partition coefficient (Wildman–Crippen LogP) is 2.39. The van der Waals surface area contributed by atoms with E-state index in [1.807, 2.05) is 11.8 Å². The number of nitrogens with zero attached hydrogens (tertiary/aromatic N) is 2. The molecule has 0 unspecified atom stereocenters. The van der Waals surface area contributed by atoms with Crippen molar-refractivity contribution in [2.75, 3.05) is 32.7 Å². The van der Waals surface area contributed by atoms with Gasteiger partial charge in [-0.2, -0.15) is 0 Å². The monoisotopic (exact) mass is 289 g/mol. The van der Waals surface area contributed by atoms with Crippen LogP contribution in [0.4, 0.5) is 4.39 Å². The van der Waals surface area contributed by atoms with Gasteiger partial charge in [0.1, 0.15) is 5.82 Å². The van der Waals surface area contributed by atoms with E-state index < -0.39 is 0 Å². The molecular formula is C16H20FN3O. The molecule has 0 radical (unpaired) electrons. The Bertz CT molecular complexity index is 671. The van der Waals surface area contributed by atoms with E-state index >= 15 is 0 Å². The summed E-state index contributed by atoms with van der Waals surface area (Å²) in [6.45, 7) is 8.35. The lowest BCUT2D eigenvalue weighted by Gasteiger charge is -2.34. The van der Waals surface area contributed by atoms with Gasteiger partial charge in [0, 0.05) is 42.8 Å². The average molecular weight is 289 g/mol. The third-order valence-corrected chi connectivity index (χ3v) is 4.27. The highest BCUT2D eigenvalue weighted by Crippen LogP contribution is 2.24. The van der Waals surface area contributed by atoms with E-state index in [1.54, 1.807) is 6.07 Å². The predicted molar refractivity (Wildman–Crippen MR) is 81.0 cm³/mol. The highest BCUT2D eigenvalue weighted by atomic mass is 19.1. The Morgan fingerprint density at radius 2 is 2.00 bits per heavy atom. The molecule has 0 bridgehead atoms. The van der Waals surface area contributed by atoms with Crippen molar-refractivity contribution in [3.8, 4) is 0 Å². The Hall–Kier alpha value is -1.88. The second-order valence-corrected chi connectivity index (χ2v) is 5.54. The second-order valence-electron chi connectivity index (χ2n) is 5.54. The first-order valence-corrected chi connectivity index (χ1v) is 7.39. The van der Waals surface area contributed by atoms with Crippen LogP contribution in [0.15, 0.2) is 18.2 Å². The van der Waals surface area contributed by atoms with Gasteiger partial charge in [0.2, 0.25) is 0 Å². The van der Waals surface area contributed by atoms with Crippen LogP contribution in [0.2, 0.25) is 0 Å². The van der Waals surface area contributed by atoms with Gasteiger partial charge in [-0.05, 0) is 31.7 Å². The molecule has 1 aliphatic heterocycles. The summed E-state index contributed by atoms with van der Waals surface area (Å²) in [5.41, 5.74) is 2.16. The second kappa shape index (κ2) is 5.48. The van der Waals surface area contributed by atoms with Crippen molar-refractivity contribution in [2.45, 2.75) is 13.8 Å². The first kappa shape index (κ1) is 14.1. The van der Waals surface area contributed by atoms with E-state index in [1.165, 1.54) is 12.1 Å². The number of benzene rings is 1. The molecule has 0 aliphatic carbocycles. The Kier molecular flexibility index (Phi) is 3.68. The minimum absolute atomic E-state index is 0.0427. The highest BCUT2D eigenvalue weighted by molar-refractivity contribution is 6.08. The van der Waals surface area contributed by atoms with Crippen LogP contribution >= 0.6 is 0 Å². The number of aryl methyl sites for hydroxylation is 1. The zero-order chi connectivity index (χ0) is 15.0. The molecule has 1 aliphatic rings. The van der Waals surface area contributed by atoms with Gasteiger partial charge >= 0.3 is 0 Å². The Morgan fingerprint density at radius 1 is 1.29 bits per heavy atom. The van der Waals surface area contributed by atoms with Crippen molar-refractivity contribution in [1.82, 2.24) is 14.8 Å². The van der Waals surface area contributed by atoms with Gasteiger partial charge in [0.15, 0.2) is 0 Å². The molecular weight excluding hydrogens is 269 g/mol. The lowest BCUT2D eigenvalue weighted by Crippen LogP contribution is -2.48. The van der Waals surface area contributed by atoms with Gasteiger partial charge in [0.05, 0.1) is 5.56 Å². The number of likely N-dealkylation sites (N-methyl/N-ethyl adjacent to an activating group) is 1. The Balaban J connectivity index is 1.90. The third-order valence-electron chi connectivity index (χ3n) is 4.27. The van der Waals surface area contributed by atoms with E-state index in [0.717, 1.165) is 43.8 Å². The van der Waals surface area contributed by atoms with Crippen molar-refractivity contribution in [3.05, 3.63) is 35.3 Å². The number of piperazine rings is 1. The summed E-state index contributed by atoms with van der Waals surface area (Å²) in [5, 5.41) is 0.803. The largest absolute Gasteiger partial charge is 0.358 e. The molecule has 112 valence electrons. The van der Waals surface area contributed by atoms with Gasteiger partial charge in [-0.15, -0.1) is 0 Å². The van der Waals surface area contributed by atoms with Crippen molar-refractivity contribution in [3.63, 3.8) is 0 Å². The van der Waals surface area contributed by atoms with E-state index in [4.69, 9.17) is 0 Å². The van der Waals surface area contributed by atoms with E-state index in [9.17, 15) is 9.18 Å². The van der Waals surface area contributed by atoms with Crippen molar-refractivity contribution in [1.29, 1.82) is 0 Å². The molecule has 1 N–H and O–H groups in total. The van der Waals surface area contributed by atoms with Gasteiger partial charge in [-0.25, -0.2) is 4.39 Å². The molecule has 3 rings (SSSR count). The van der Waals surface area contributed by atoms with Crippen molar-refractivity contribution >= 4 is 16.8 Å². The molecule has 1 fully saturated rings. The number of H-pyrrole nitrogens is 1. The molecule has 1 amide bonds. The molecule has 5 heteroatoms. The number of rotatable bonds is 2. The number of aromatic amines is 1. The topological polar surface area (TPSA) is 39.3 Å². The normalized spacial score (nSPS) is 16.6. The summed E-state index contributed by atoms with van der Waals surface area (Å²) in [4.78, 5) is 20.1. The van der Waals surface area contributed by atoms with Gasteiger partial charge in [0.25, 0.3) is 5.91 Å². The molecule has 2 heterocycles. The van der Waals surface area contributed by atoms with Gasteiger partial charge < -0.3 is 14.8 Å². The molecule has 1 saturated heterocycles. The van der Waals surface area contributed by atoms with Crippen LogP contribution in [0, 0.1) is 12.7 Å². The zero-order valence-electron chi connectivity index (χ0n) is 12.4. The molecule has 1 aromatic carbocycles. The van der Waals surface area contributed by atoms with Crippen LogP contribution in [-0.2, 0) is 0 Å². The molecule has 0 saturated carbocycles. The van der Waals surface area contributed by atoms with Crippen LogP contribution in [0.25, 0.3) is 10.9 Å². The Labute approximate surface area is 123 Å².